The number of hydrogen-bond donors (Lipinski definition) is 0. The van der Waals surface area contributed by atoms with Crippen molar-refractivity contribution < 1.29 is 4.79 Å². The Morgan fingerprint density at radius 1 is 1.11 bits per heavy atom. The van der Waals surface area contributed by atoms with Crippen molar-refractivity contribution in [2.75, 3.05) is 0 Å². The van der Waals surface area contributed by atoms with Gasteiger partial charge in [-0.05, 0) is 30.2 Å². The van der Waals surface area contributed by atoms with E-state index >= 15 is 0 Å². The number of benzene rings is 1. The van der Waals surface area contributed by atoms with E-state index in [2.05, 4.69) is 26.0 Å². The molecule has 1 aromatic rings. The van der Waals surface area contributed by atoms with Crippen LogP contribution in [-0.2, 0) is 0 Å². The lowest BCUT2D eigenvalue weighted by Crippen LogP contribution is -2.06. The second-order valence-electron chi connectivity index (χ2n) is 5.98. The third kappa shape index (κ3) is 3.44. The van der Waals surface area contributed by atoms with Crippen LogP contribution in [0.4, 0.5) is 0 Å². The molecule has 1 saturated carbocycles. The summed E-state index contributed by atoms with van der Waals surface area (Å²) >= 11 is 0. The van der Waals surface area contributed by atoms with Gasteiger partial charge < -0.3 is 0 Å². The number of carbonyl (C=O) groups is 1. The number of hydrogen-bond acceptors (Lipinski definition) is 1. The third-order valence-corrected chi connectivity index (χ3v) is 3.90. The van der Waals surface area contributed by atoms with Gasteiger partial charge in [0, 0.05) is 12.0 Å². The molecule has 1 fully saturated rings. The van der Waals surface area contributed by atoms with Crippen LogP contribution in [0.15, 0.2) is 24.3 Å². The van der Waals surface area contributed by atoms with Crippen molar-refractivity contribution in [1.82, 2.24) is 0 Å². The van der Waals surface area contributed by atoms with E-state index < -0.39 is 0 Å². The van der Waals surface area contributed by atoms with Crippen LogP contribution in [0.5, 0.6) is 0 Å². The fraction of sp³-hybridized carbons (Fsp3) is 0.588. The van der Waals surface area contributed by atoms with Gasteiger partial charge in [-0.15, -0.1) is 0 Å². The molecule has 1 heteroatoms. The van der Waals surface area contributed by atoms with Gasteiger partial charge in [0.05, 0.1) is 0 Å². The Morgan fingerprint density at radius 3 is 2.28 bits per heavy atom. The lowest BCUT2D eigenvalue weighted by atomic mass is 9.83. The van der Waals surface area contributed by atoms with Gasteiger partial charge >= 0.3 is 0 Å². The fourth-order valence-corrected chi connectivity index (χ4v) is 2.87. The highest BCUT2D eigenvalue weighted by molar-refractivity contribution is 5.96. The molecular formula is C17H24O. The molecular weight excluding hydrogens is 220 g/mol. The minimum Gasteiger partial charge on any atom is -0.294 e. The second kappa shape index (κ2) is 6.17. The predicted molar refractivity (Wildman–Crippen MR) is 76.1 cm³/mol. The van der Waals surface area contributed by atoms with Crippen LogP contribution >= 0.6 is 0 Å². The molecule has 18 heavy (non-hydrogen) atoms. The summed E-state index contributed by atoms with van der Waals surface area (Å²) < 4.78 is 0. The molecule has 0 radical (unpaired) electrons. The maximum atomic E-state index is 11.9. The molecule has 98 valence electrons. The minimum absolute atomic E-state index is 0.278. The largest absolute Gasteiger partial charge is 0.294 e. The summed E-state index contributed by atoms with van der Waals surface area (Å²) in [6.45, 7) is 4.18. The Bertz CT molecular complexity index is 383. The lowest BCUT2D eigenvalue weighted by molar-refractivity contribution is 0.0968. The maximum absolute atomic E-state index is 11.9. The highest BCUT2D eigenvalue weighted by Crippen LogP contribution is 2.32. The second-order valence-corrected chi connectivity index (χ2v) is 5.98. The van der Waals surface area contributed by atoms with E-state index in [0.717, 1.165) is 11.5 Å². The van der Waals surface area contributed by atoms with Crippen LogP contribution in [0.1, 0.15) is 74.2 Å². The van der Waals surface area contributed by atoms with E-state index in [-0.39, 0.29) is 5.78 Å². The van der Waals surface area contributed by atoms with Crippen LogP contribution in [0.2, 0.25) is 0 Å². The molecule has 0 aromatic heterocycles. The molecule has 1 aromatic carbocycles. The van der Waals surface area contributed by atoms with Crippen molar-refractivity contribution in [2.24, 2.45) is 5.92 Å². The number of carbonyl (C=O) groups excluding carboxylic acids is 1. The van der Waals surface area contributed by atoms with Crippen molar-refractivity contribution in [2.45, 2.75) is 58.3 Å². The van der Waals surface area contributed by atoms with Crippen molar-refractivity contribution in [3.05, 3.63) is 35.4 Å². The van der Waals surface area contributed by atoms with Crippen LogP contribution in [0.25, 0.3) is 0 Å². The molecule has 0 N–H and O–H groups in total. The van der Waals surface area contributed by atoms with E-state index in [0.29, 0.717) is 12.3 Å². The summed E-state index contributed by atoms with van der Waals surface area (Å²) in [5.41, 5.74) is 2.30. The molecule has 2 rings (SSSR count). The molecule has 1 aliphatic carbocycles. The summed E-state index contributed by atoms with van der Waals surface area (Å²) in [6, 6.07) is 8.39. The molecule has 1 nitrogen and oxygen atoms in total. The maximum Gasteiger partial charge on any atom is 0.163 e. The summed E-state index contributed by atoms with van der Waals surface area (Å²) in [4.78, 5) is 11.9. The van der Waals surface area contributed by atoms with Gasteiger partial charge in [0.25, 0.3) is 0 Å². The minimum atomic E-state index is 0.278. The molecule has 0 bridgehead atoms. The van der Waals surface area contributed by atoms with Crippen molar-refractivity contribution in [1.29, 1.82) is 0 Å². The number of Topliss-reactive ketones (excluding diaryl/α,β-unsaturated/α-hetero) is 1. The van der Waals surface area contributed by atoms with Gasteiger partial charge in [0.1, 0.15) is 0 Å². The zero-order valence-electron chi connectivity index (χ0n) is 11.6. The molecule has 0 atom stereocenters. The van der Waals surface area contributed by atoms with Gasteiger partial charge in [-0.3, -0.25) is 4.79 Å². The first-order valence-electron chi connectivity index (χ1n) is 7.30. The van der Waals surface area contributed by atoms with Gasteiger partial charge in [0.2, 0.25) is 0 Å². The molecule has 0 heterocycles. The first-order valence-corrected chi connectivity index (χ1v) is 7.30. The topological polar surface area (TPSA) is 17.1 Å². The molecule has 0 saturated heterocycles. The average Bonchev–Trinajstić information content (AvgIpc) is 2.39. The summed E-state index contributed by atoms with van der Waals surface area (Å²) in [6.07, 6.45) is 7.40. The van der Waals surface area contributed by atoms with Crippen LogP contribution in [0.3, 0.4) is 0 Å². The van der Waals surface area contributed by atoms with Gasteiger partial charge in [-0.2, -0.15) is 0 Å². The van der Waals surface area contributed by atoms with E-state index in [1.54, 1.807) is 0 Å². The quantitative estimate of drug-likeness (QED) is 0.684. The fourth-order valence-electron chi connectivity index (χ4n) is 2.87. The average molecular weight is 244 g/mol. The number of ketones is 1. The van der Waals surface area contributed by atoms with E-state index in [4.69, 9.17) is 0 Å². The van der Waals surface area contributed by atoms with E-state index in [1.807, 2.05) is 12.1 Å². The molecule has 0 unspecified atom stereocenters. The molecule has 0 aliphatic heterocycles. The van der Waals surface area contributed by atoms with E-state index in [1.165, 1.54) is 37.7 Å². The summed E-state index contributed by atoms with van der Waals surface area (Å²) in [7, 11) is 0. The smallest absolute Gasteiger partial charge is 0.163 e. The van der Waals surface area contributed by atoms with Gasteiger partial charge in [-0.25, -0.2) is 0 Å². The third-order valence-electron chi connectivity index (χ3n) is 3.90. The first kappa shape index (κ1) is 13.3. The van der Waals surface area contributed by atoms with Gasteiger partial charge in [-0.1, -0.05) is 57.4 Å². The SMILES string of the molecule is CC(C)CC(=O)c1ccc(C2CCCCC2)cc1. The monoisotopic (exact) mass is 244 g/mol. The summed E-state index contributed by atoms with van der Waals surface area (Å²) in [5, 5.41) is 0. The zero-order chi connectivity index (χ0) is 13.0. The Labute approximate surface area is 111 Å². The zero-order valence-corrected chi connectivity index (χ0v) is 11.6. The lowest BCUT2D eigenvalue weighted by Gasteiger charge is -2.22. The van der Waals surface area contributed by atoms with Crippen molar-refractivity contribution in [3.63, 3.8) is 0 Å². The van der Waals surface area contributed by atoms with Crippen LogP contribution < -0.4 is 0 Å². The normalized spacial score (nSPS) is 17.1. The first-order chi connectivity index (χ1) is 8.66. The van der Waals surface area contributed by atoms with Crippen LogP contribution in [-0.4, -0.2) is 5.78 Å². The Balaban J connectivity index is 2.02. The number of rotatable bonds is 4. The molecule has 1 aliphatic rings. The predicted octanol–water partition coefficient (Wildman–Crippen LogP) is 4.96. The standard InChI is InChI=1S/C17H24O/c1-13(2)12-17(18)16-10-8-15(9-11-16)14-6-4-3-5-7-14/h8-11,13-14H,3-7,12H2,1-2H3. The van der Waals surface area contributed by atoms with Crippen LogP contribution in [0, 0.1) is 5.92 Å². The Morgan fingerprint density at radius 2 is 1.72 bits per heavy atom. The van der Waals surface area contributed by atoms with Crippen molar-refractivity contribution >= 4 is 5.78 Å². The Hall–Kier alpha value is -1.11. The van der Waals surface area contributed by atoms with E-state index in [9.17, 15) is 4.79 Å². The molecule has 0 spiro atoms. The Kier molecular flexibility index (Phi) is 4.57. The van der Waals surface area contributed by atoms with Crippen molar-refractivity contribution in [3.8, 4) is 0 Å². The summed E-state index contributed by atoms with van der Waals surface area (Å²) in [5.74, 6) is 1.45. The highest BCUT2D eigenvalue weighted by atomic mass is 16.1. The van der Waals surface area contributed by atoms with Gasteiger partial charge in [0.15, 0.2) is 5.78 Å². The highest BCUT2D eigenvalue weighted by Gasteiger charge is 2.16. The molecule has 0 amide bonds.